The Balaban J connectivity index is 2.02. The molecule has 2 rings (SSSR count). The molecule has 0 aliphatic heterocycles. The molecule has 1 aliphatic rings. The lowest BCUT2D eigenvalue weighted by atomic mass is 10.1. The monoisotopic (exact) mass is 258 g/mol. The van der Waals surface area contributed by atoms with Crippen LogP contribution in [-0.2, 0) is 4.79 Å². The van der Waals surface area contributed by atoms with Crippen LogP contribution in [0.2, 0.25) is 0 Å². The second-order valence-electron chi connectivity index (χ2n) is 5.13. The lowest BCUT2D eigenvalue weighted by Crippen LogP contribution is -2.26. The number of benzene rings is 1. The van der Waals surface area contributed by atoms with Gasteiger partial charge in [0.15, 0.2) is 0 Å². The summed E-state index contributed by atoms with van der Waals surface area (Å²) in [5.41, 5.74) is 4.82. The van der Waals surface area contributed by atoms with Crippen LogP contribution in [0.1, 0.15) is 51.0 Å². The molecule has 0 spiro atoms. The summed E-state index contributed by atoms with van der Waals surface area (Å²) in [4.78, 5) is 12.0. The van der Waals surface area contributed by atoms with Crippen LogP contribution >= 0.6 is 0 Å². The van der Waals surface area contributed by atoms with E-state index in [-0.39, 0.29) is 11.8 Å². The lowest BCUT2D eigenvalue weighted by Gasteiger charge is -2.09. The molecule has 0 unspecified atom stereocenters. The van der Waals surface area contributed by atoms with Crippen LogP contribution in [0, 0.1) is 5.92 Å². The molecule has 1 saturated carbocycles. The van der Waals surface area contributed by atoms with Gasteiger partial charge in [0.1, 0.15) is 0 Å². The van der Waals surface area contributed by atoms with E-state index >= 15 is 0 Å². The van der Waals surface area contributed by atoms with Crippen molar-refractivity contribution >= 4 is 11.6 Å². The minimum atomic E-state index is 0.0852. The van der Waals surface area contributed by atoms with Crippen LogP contribution in [0.25, 0.3) is 0 Å². The molecular formula is C16H22N2O. The number of nitrogens with one attached hydrogen (secondary N) is 1. The third-order valence-electron chi connectivity index (χ3n) is 3.62. The fraction of sp³-hybridized carbons (Fsp3) is 0.500. The standard InChI is InChI=1S/C16H22N2O/c1-2-8-15(13-9-4-3-5-10-13)17-18-16(19)14-11-6-7-12-14/h3-5,9-10,14H,2,6-8,11-12H2,1H3,(H,18,19)/b17-15-. The molecule has 3 nitrogen and oxygen atoms in total. The van der Waals surface area contributed by atoms with Crippen molar-refractivity contribution < 1.29 is 4.79 Å². The van der Waals surface area contributed by atoms with E-state index in [1.165, 1.54) is 12.8 Å². The molecule has 0 atom stereocenters. The first-order chi connectivity index (χ1) is 9.31. The van der Waals surface area contributed by atoms with Gasteiger partial charge in [-0.1, -0.05) is 56.5 Å². The minimum Gasteiger partial charge on any atom is -0.273 e. The van der Waals surface area contributed by atoms with Crippen LogP contribution in [0.4, 0.5) is 0 Å². The van der Waals surface area contributed by atoms with E-state index in [4.69, 9.17) is 0 Å². The summed E-state index contributed by atoms with van der Waals surface area (Å²) in [6, 6.07) is 10.1. The second kappa shape index (κ2) is 7.07. The summed E-state index contributed by atoms with van der Waals surface area (Å²) >= 11 is 0. The van der Waals surface area contributed by atoms with E-state index in [0.717, 1.165) is 37.0 Å². The minimum absolute atomic E-state index is 0.0852. The highest BCUT2D eigenvalue weighted by Crippen LogP contribution is 2.24. The summed E-state index contributed by atoms with van der Waals surface area (Å²) in [5, 5.41) is 4.35. The summed E-state index contributed by atoms with van der Waals surface area (Å²) in [7, 11) is 0. The van der Waals surface area contributed by atoms with Gasteiger partial charge in [0.2, 0.25) is 5.91 Å². The first-order valence-electron chi connectivity index (χ1n) is 7.23. The highest BCUT2D eigenvalue weighted by atomic mass is 16.2. The van der Waals surface area contributed by atoms with Crippen molar-refractivity contribution in [3.05, 3.63) is 35.9 Å². The molecule has 1 aromatic carbocycles. The van der Waals surface area contributed by atoms with E-state index in [2.05, 4.69) is 17.5 Å². The summed E-state index contributed by atoms with van der Waals surface area (Å²) in [6.07, 6.45) is 6.26. The van der Waals surface area contributed by atoms with Gasteiger partial charge in [0.25, 0.3) is 0 Å². The first-order valence-corrected chi connectivity index (χ1v) is 7.23. The van der Waals surface area contributed by atoms with Crippen molar-refractivity contribution in [2.45, 2.75) is 45.4 Å². The van der Waals surface area contributed by atoms with Crippen molar-refractivity contribution in [1.29, 1.82) is 0 Å². The molecular weight excluding hydrogens is 236 g/mol. The Morgan fingerprint density at radius 2 is 1.95 bits per heavy atom. The zero-order valence-corrected chi connectivity index (χ0v) is 11.6. The Morgan fingerprint density at radius 3 is 2.58 bits per heavy atom. The maximum Gasteiger partial charge on any atom is 0.243 e. The van der Waals surface area contributed by atoms with E-state index < -0.39 is 0 Å². The SMILES string of the molecule is CCC/C(=N/NC(=O)C1CCCC1)c1ccccc1. The molecule has 1 N–H and O–H groups in total. The molecule has 1 aliphatic carbocycles. The molecule has 102 valence electrons. The normalized spacial score (nSPS) is 16.6. The van der Waals surface area contributed by atoms with E-state index in [1.54, 1.807) is 0 Å². The average Bonchev–Trinajstić information content (AvgIpc) is 2.98. The highest BCUT2D eigenvalue weighted by Gasteiger charge is 2.22. The molecule has 1 aromatic rings. The van der Waals surface area contributed by atoms with E-state index in [9.17, 15) is 4.79 Å². The summed E-state index contributed by atoms with van der Waals surface area (Å²) < 4.78 is 0. The Kier molecular flexibility index (Phi) is 5.13. The van der Waals surface area contributed by atoms with Crippen molar-refractivity contribution in [2.75, 3.05) is 0 Å². The third kappa shape index (κ3) is 3.91. The molecule has 3 heteroatoms. The van der Waals surface area contributed by atoms with Gasteiger partial charge in [-0.2, -0.15) is 5.10 Å². The van der Waals surface area contributed by atoms with Crippen LogP contribution in [0.3, 0.4) is 0 Å². The Morgan fingerprint density at radius 1 is 1.26 bits per heavy atom. The molecule has 1 amide bonds. The Labute approximate surface area is 115 Å². The van der Waals surface area contributed by atoms with Crippen molar-refractivity contribution in [3.8, 4) is 0 Å². The van der Waals surface area contributed by atoms with Crippen molar-refractivity contribution in [3.63, 3.8) is 0 Å². The van der Waals surface area contributed by atoms with Gasteiger partial charge in [0.05, 0.1) is 5.71 Å². The van der Waals surface area contributed by atoms with E-state index in [1.807, 2.05) is 30.3 Å². The quantitative estimate of drug-likeness (QED) is 0.637. The zero-order valence-electron chi connectivity index (χ0n) is 11.6. The van der Waals surface area contributed by atoms with Gasteiger partial charge in [-0.05, 0) is 24.8 Å². The zero-order chi connectivity index (χ0) is 13.5. The smallest absolute Gasteiger partial charge is 0.243 e. The van der Waals surface area contributed by atoms with Gasteiger partial charge in [-0.15, -0.1) is 0 Å². The van der Waals surface area contributed by atoms with Crippen LogP contribution in [0.15, 0.2) is 35.4 Å². The number of nitrogens with zero attached hydrogens (tertiary/aromatic N) is 1. The number of carbonyl (C=O) groups excluding carboxylic acids is 1. The fourth-order valence-corrected chi connectivity index (χ4v) is 2.53. The molecule has 0 bridgehead atoms. The molecule has 19 heavy (non-hydrogen) atoms. The molecule has 0 aromatic heterocycles. The Bertz CT molecular complexity index is 433. The number of carbonyl (C=O) groups is 1. The van der Waals surface area contributed by atoms with Gasteiger partial charge in [-0.3, -0.25) is 4.79 Å². The maximum absolute atomic E-state index is 12.0. The van der Waals surface area contributed by atoms with Gasteiger partial charge in [0, 0.05) is 5.92 Å². The Hall–Kier alpha value is -1.64. The molecule has 0 heterocycles. The maximum atomic E-state index is 12.0. The highest BCUT2D eigenvalue weighted by molar-refractivity contribution is 6.01. The lowest BCUT2D eigenvalue weighted by molar-refractivity contribution is -0.124. The summed E-state index contributed by atoms with van der Waals surface area (Å²) in [6.45, 7) is 2.12. The number of hydrogen-bond acceptors (Lipinski definition) is 2. The molecule has 1 fully saturated rings. The topological polar surface area (TPSA) is 41.5 Å². The van der Waals surface area contributed by atoms with E-state index in [0.29, 0.717) is 0 Å². The van der Waals surface area contributed by atoms with Crippen LogP contribution in [0.5, 0.6) is 0 Å². The van der Waals surface area contributed by atoms with Crippen LogP contribution in [-0.4, -0.2) is 11.6 Å². The number of amides is 1. The predicted octanol–water partition coefficient (Wildman–Crippen LogP) is 3.50. The first kappa shape index (κ1) is 13.8. The average molecular weight is 258 g/mol. The predicted molar refractivity (Wildman–Crippen MR) is 78.0 cm³/mol. The largest absolute Gasteiger partial charge is 0.273 e. The third-order valence-corrected chi connectivity index (χ3v) is 3.62. The van der Waals surface area contributed by atoms with Crippen molar-refractivity contribution in [1.82, 2.24) is 5.43 Å². The van der Waals surface area contributed by atoms with Gasteiger partial charge in [-0.25, -0.2) is 5.43 Å². The van der Waals surface area contributed by atoms with Gasteiger partial charge >= 0.3 is 0 Å². The number of rotatable bonds is 5. The number of hydrogen-bond donors (Lipinski definition) is 1. The van der Waals surface area contributed by atoms with Crippen molar-refractivity contribution in [2.24, 2.45) is 11.0 Å². The molecule has 0 saturated heterocycles. The number of hydrazone groups is 1. The van der Waals surface area contributed by atoms with Gasteiger partial charge < -0.3 is 0 Å². The molecule has 0 radical (unpaired) electrons. The second-order valence-corrected chi connectivity index (χ2v) is 5.13. The summed E-state index contributed by atoms with van der Waals surface area (Å²) in [5.74, 6) is 0.254. The fourth-order valence-electron chi connectivity index (χ4n) is 2.53. The van der Waals surface area contributed by atoms with Crippen LogP contribution < -0.4 is 5.43 Å².